The molecule has 0 unspecified atom stereocenters. The van der Waals surface area contributed by atoms with Gasteiger partial charge in [-0.05, 0) is 30.2 Å². The molecule has 0 spiro atoms. The molecule has 62 valence electrons. The fourth-order valence-corrected chi connectivity index (χ4v) is 1.74. The summed E-state index contributed by atoms with van der Waals surface area (Å²) < 4.78 is 5.24. The van der Waals surface area contributed by atoms with Crippen molar-refractivity contribution < 1.29 is 4.42 Å². The molecule has 0 aliphatic rings. The van der Waals surface area contributed by atoms with E-state index in [1.807, 2.05) is 12.1 Å². The number of hydrogen-bond donors (Lipinski definition) is 0. The van der Waals surface area contributed by atoms with Crippen molar-refractivity contribution in [3.8, 4) is 0 Å². The van der Waals surface area contributed by atoms with Crippen molar-refractivity contribution in [2.24, 2.45) is 0 Å². The largest absolute Gasteiger partial charge is 0.464 e. The summed E-state index contributed by atoms with van der Waals surface area (Å²) in [6, 6.07) is 8.29. The van der Waals surface area contributed by atoms with Gasteiger partial charge in [-0.2, -0.15) is 0 Å². The Bertz CT molecular complexity index is 378. The van der Waals surface area contributed by atoms with E-state index in [9.17, 15) is 0 Å². The van der Waals surface area contributed by atoms with Gasteiger partial charge in [0, 0.05) is 10.7 Å². The molecule has 0 atom stereocenters. The lowest BCUT2D eigenvalue weighted by molar-refractivity contribution is 0.616. The zero-order valence-corrected chi connectivity index (χ0v) is 8.17. The third-order valence-corrected chi connectivity index (χ3v) is 2.30. The van der Waals surface area contributed by atoms with E-state index in [4.69, 9.17) is 4.42 Å². The van der Waals surface area contributed by atoms with Crippen molar-refractivity contribution in [3.63, 3.8) is 0 Å². The molecule has 0 saturated carbocycles. The first kappa shape index (κ1) is 7.87. The number of aryl methyl sites for hydroxylation is 1. The van der Waals surface area contributed by atoms with Crippen LogP contribution in [0.25, 0.3) is 11.0 Å². The van der Waals surface area contributed by atoms with E-state index >= 15 is 0 Å². The molecule has 0 aliphatic heterocycles. The van der Waals surface area contributed by atoms with Gasteiger partial charge in [-0.25, -0.2) is 0 Å². The van der Waals surface area contributed by atoms with Gasteiger partial charge < -0.3 is 4.42 Å². The van der Waals surface area contributed by atoms with Crippen molar-refractivity contribution in [2.75, 3.05) is 5.33 Å². The Labute approximate surface area is 79.5 Å². The van der Waals surface area contributed by atoms with Gasteiger partial charge in [0.15, 0.2) is 0 Å². The third kappa shape index (κ3) is 1.39. The van der Waals surface area contributed by atoms with E-state index in [1.54, 1.807) is 6.26 Å². The second-order valence-electron chi connectivity index (χ2n) is 2.73. The predicted octanol–water partition coefficient (Wildman–Crippen LogP) is 3.37. The van der Waals surface area contributed by atoms with E-state index in [2.05, 4.69) is 28.1 Å². The molecule has 0 N–H and O–H groups in total. The molecule has 2 heteroatoms. The SMILES string of the molecule is BrCCc1ccc2occc2c1. The molecule has 0 radical (unpaired) electrons. The van der Waals surface area contributed by atoms with Crippen LogP contribution >= 0.6 is 15.9 Å². The summed E-state index contributed by atoms with van der Waals surface area (Å²) in [7, 11) is 0. The molecule has 12 heavy (non-hydrogen) atoms. The number of alkyl halides is 1. The van der Waals surface area contributed by atoms with E-state index in [0.29, 0.717) is 0 Å². The Kier molecular flexibility index (Phi) is 2.17. The molecule has 0 aliphatic carbocycles. The monoisotopic (exact) mass is 224 g/mol. The van der Waals surface area contributed by atoms with Crippen molar-refractivity contribution in [1.29, 1.82) is 0 Å². The highest BCUT2D eigenvalue weighted by molar-refractivity contribution is 9.09. The van der Waals surface area contributed by atoms with Crippen LogP contribution in [0.4, 0.5) is 0 Å². The van der Waals surface area contributed by atoms with E-state index < -0.39 is 0 Å². The highest BCUT2D eigenvalue weighted by Crippen LogP contribution is 2.17. The quantitative estimate of drug-likeness (QED) is 0.714. The van der Waals surface area contributed by atoms with Gasteiger partial charge in [-0.15, -0.1) is 0 Å². The predicted molar refractivity (Wildman–Crippen MR) is 53.7 cm³/mol. The molecule has 1 aromatic heterocycles. The van der Waals surface area contributed by atoms with Gasteiger partial charge in [0.2, 0.25) is 0 Å². The van der Waals surface area contributed by atoms with Crippen LogP contribution in [-0.4, -0.2) is 5.33 Å². The lowest BCUT2D eigenvalue weighted by Gasteiger charge is -1.96. The summed E-state index contributed by atoms with van der Waals surface area (Å²) in [6.07, 6.45) is 2.80. The van der Waals surface area contributed by atoms with Crippen molar-refractivity contribution in [1.82, 2.24) is 0 Å². The number of furan rings is 1. The Morgan fingerprint density at radius 2 is 2.17 bits per heavy atom. The van der Waals surface area contributed by atoms with Crippen LogP contribution in [0.1, 0.15) is 5.56 Å². The minimum Gasteiger partial charge on any atom is -0.464 e. The smallest absolute Gasteiger partial charge is 0.133 e. The molecule has 0 bridgehead atoms. The van der Waals surface area contributed by atoms with Crippen LogP contribution in [0.2, 0.25) is 0 Å². The van der Waals surface area contributed by atoms with Crippen LogP contribution < -0.4 is 0 Å². The van der Waals surface area contributed by atoms with Crippen molar-refractivity contribution in [2.45, 2.75) is 6.42 Å². The van der Waals surface area contributed by atoms with Crippen LogP contribution in [0, 0.1) is 0 Å². The summed E-state index contributed by atoms with van der Waals surface area (Å²) in [6.45, 7) is 0. The molecule has 1 aromatic carbocycles. The lowest BCUT2D eigenvalue weighted by atomic mass is 10.1. The summed E-state index contributed by atoms with van der Waals surface area (Å²) in [4.78, 5) is 0. The zero-order valence-electron chi connectivity index (χ0n) is 6.59. The maximum Gasteiger partial charge on any atom is 0.133 e. The average molecular weight is 225 g/mol. The Hall–Kier alpha value is -0.760. The minimum atomic E-state index is 0.966. The Morgan fingerprint density at radius 3 is 3.00 bits per heavy atom. The van der Waals surface area contributed by atoms with Gasteiger partial charge in [-0.3, -0.25) is 0 Å². The highest BCUT2D eigenvalue weighted by atomic mass is 79.9. The molecule has 2 aromatic rings. The van der Waals surface area contributed by atoms with Crippen LogP contribution in [0.3, 0.4) is 0 Å². The first-order valence-electron chi connectivity index (χ1n) is 3.92. The maximum absolute atomic E-state index is 5.24. The number of rotatable bonds is 2. The summed E-state index contributed by atoms with van der Waals surface area (Å²) in [5, 5.41) is 2.20. The first-order chi connectivity index (χ1) is 5.90. The van der Waals surface area contributed by atoms with Crippen LogP contribution in [0.5, 0.6) is 0 Å². The van der Waals surface area contributed by atoms with Crippen molar-refractivity contribution in [3.05, 3.63) is 36.1 Å². The zero-order chi connectivity index (χ0) is 8.39. The number of fused-ring (bicyclic) bond motifs is 1. The fourth-order valence-electron chi connectivity index (χ4n) is 1.28. The normalized spacial score (nSPS) is 10.8. The first-order valence-corrected chi connectivity index (χ1v) is 5.04. The molecular weight excluding hydrogens is 216 g/mol. The van der Waals surface area contributed by atoms with Crippen molar-refractivity contribution >= 4 is 26.9 Å². The molecule has 0 fully saturated rings. The molecule has 1 nitrogen and oxygen atoms in total. The molecule has 0 amide bonds. The number of benzene rings is 1. The molecule has 2 rings (SSSR count). The molecule has 1 heterocycles. The number of halogens is 1. The van der Waals surface area contributed by atoms with Gasteiger partial charge in [0.25, 0.3) is 0 Å². The molecular formula is C10H9BrO. The number of hydrogen-bond acceptors (Lipinski definition) is 1. The third-order valence-electron chi connectivity index (χ3n) is 1.90. The van der Waals surface area contributed by atoms with E-state index in [0.717, 1.165) is 17.3 Å². The van der Waals surface area contributed by atoms with Gasteiger partial charge in [0.05, 0.1) is 6.26 Å². The summed E-state index contributed by atoms with van der Waals surface area (Å²) >= 11 is 3.42. The minimum absolute atomic E-state index is 0.966. The Balaban J connectivity index is 2.46. The van der Waals surface area contributed by atoms with Gasteiger partial charge in [0.1, 0.15) is 5.58 Å². The summed E-state index contributed by atoms with van der Waals surface area (Å²) in [5.41, 5.74) is 2.31. The topological polar surface area (TPSA) is 13.1 Å². The van der Waals surface area contributed by atoms with Gasteiger partial charge in [-0.1, -0.05) is 22.0 Å². The van der Waals surface area contributed by atoms with Crippen LogP contribution in [-0.2, 0) is 6.42 Å². The fraction of sp³-hybridized carbons (Fsp3) is 0.200. The standard InChI is InChI=1S/C10H9BrO/c11-5-3-8-1-2-10-9(7-8)4-6-12-10/h1-2,4,6-7H,3,5H2. The Morgan fingerprint density at radius 1 is 1.25 bits per heavy atom. The average Bonchev–Trinajstić information content (AvgIpc) is 2.51. The van der Waals surface area contributed by atoms with Crippen LogP contribution in [0.15, 0.2) is 34.9 Å². The van der Waals surface area contributed by atoms with Gasteiger partial charge >= 0.3 is 0 Å². The van der Waals surface area contributed by atoms with E-state index in [1.165, 1.54) is 10.9 Å². The summed E-state index contributed by atoms with van der Waals surface area (Å²) in [5.74, 6) is 0. The highest BCUT2D eigenvalue weighted by Gasteiger charge is 1.97. The second kappa shape index (κ2) is 3.31. The second-order valence-corrected chi connectivity index (χ2v) is 3.52. The lowest BCUT2D eigenvalue weighted by Crippen LogP contribution is -1.83. The van der Waals surface area contributed by atoms with E-state index in [-0.39, 0.29) is 0 Å². The molecule has 0 saturated heterocycles. The maximum atomic E-state index is 5.24.